The molecule has 0 heteroatoms. The van der Waals surface area contributed by atoms with Gasteiger partial charge in [-0.15, -0.1) is 0 Å². The van der Waals surface area contributed by atoms with Gasteiger partial charge in [0.05, 0.1) is 0 Å². The van der Waals surface area contributed by atoms with Crippen LogP contribution in [0.5, 0.6) is 0 Å². The van der Waals surface area contributed by atoms with E-state index in [0.29, 0.717) is 5.41 Å². The minimum Gasteiger partial charge on any atom is -0.0853 e. The third-order valence-corrected chi connectivity index (χ3v) is 4.42. The van der Waals surface area contributed by atoms with Gasteiger partial charge in [0.1, 0.15) is 0 Å². The van der Waals surface area contributed by atoms with E-state index in [1.165, 1.54) is 32.1 Å². The standard InChI is InChI=1S/C13H22/c1-10-6-8-13(3)7-4-5-11(2)12(13)9-10/h5,10,12H,4,6-9H2,1-3H3/t10-,12+,13-/m1/s1. The van der Waals surface area contributed by atoms with Gasteiger partial charge >= 0.3 is 0 Å². The van der Waals surface area contributed by atoms with Gasteiger partial charge in [0, 0.05) is 0 Å². The number of rotatable bonds is 0. The van der Waals surface area contributed by atoms with E-state index in [-0.39, 0.29) is 0 Å². The lowest BCUT2D eigenvalue weighted by molar-refractivity contribution is 0.0931. The quantitative estimate of drug-likeness (QED) is 0.488. The minimum atomic E-state index is 0.658. The number of hydrogen-bond acceptors (Lipinski definition) is 0. The predicted octanol–water partition coefficient (Wildman–Crippen LogP) is 4.17. The molecular weight excluding hydrogens is 156 g/mol. The van der Waals surface area contributed by atoms with Crippen LogP contribution in [0.2, 0.25) is 0 Å². The maximum atomic E-state index is 2.51. The molecule has 0 heterocycles. The summed E-state index contributed by atoms with van der Waals surface area (Å²) in [6.45, 7) is 7.28. The molecule has 2 aliphatic carbocycles. The Bertz CT molecular complexity index is 226. The normalized spacial score (nSPS) is 45.3. The topological polar surface area (TPSA) is 0 Å². The highest BCUT2D eigenvalue weighted by atomic mass is 14.4. The number of hydrogen-bond donors (Lipinski definition) is 0. The van der Waals surface area contributed by atoms with Gasteiger partial charge < -0.3 is 0 Å². The Morgan fingerprint density at radius 1 is 1.38 bits per heavy atom. The molecule has 0 radical (unpaired) electrons. The molecule has 0 aromatic carbocycles. The second-order valence-corrected chi connectivity index (χ2v) is 5.57. The van der Waals surface area contributed by atoms with E-state index in [1.54, 1.807) is 5.57 Å². The zero-order chi connectivity index (χ0) is 9.47. The lowest BCUT2D eigenvalue weighted by Crippen LogP contribution is -2.36. The summed E-state index contributed by atoms with van der Waals surface area (Å²) in [5.74, 6) is 1.87. The maximum Gasteiger partial charge on any atom is -0.0149 e. The molecule has 13 heavy (non-hydrogen) atoms. The summed E-state index contributed by atoms with van der Waals surface area (Å²) in [5.41, 5.74) is 2.34. The first kappa shape index (κ1) is 9.30. The Morgan fingerprint density at radius 3 is 2.92 bits per heavy atom. The summed E-state index contributed by atoms with van der Waals surface area (Å²) in [6, 6.07) is 0. The van der Waals surface area contributed by atoms with E-state index >= 15 is 0 Å². The highest BCUT2D eigenvalue weighted by Gasteiger charge is 2.40. The molecule has 0 bridgehead atoms. The van der Waals surface area contributed by atoms with E-state index in [2.05, 4.69) is 26.8 Å². The predicted molar refractivity (Wildman–Crippen MR) is 57.6 cm³/mol. The van der Waals surface area contributed by atoms with Crippen molar-refractivity contribution in [2.24, 2.45) is 17.3 Å². The maximum absolute atomic E-state index is 2.51. The van der Waals surface area contributed by atoms with Crippen LogP contribution in [0.4, 0.5) is 0 Å². The smallest absolute Gasteiger partial charge is 0.0149 e. The summed E-state index contributed by atoms with van der Waals surface area (Å²) in [6.07, 6.45) is 9.60. The van der Waals surface area contributed by atoms with Crippen molar-refractivity contribution < 1.29 is 0 Å². The van der Waals surface area contributed by atoms with Crippen LogP contribution in [0.3, 0.4) is 0 Å². The molecule has 2 aliphatic rings. The molecule has 0 amide bonds. The highest BCUT2D eigenvalue weighted by molar-refractivity contribution is 5.14. The summed E-state index contributed by atoms with van der Waals surface area (Å²) >= 11 is 0. The molecule has 2 rings (SSSR count). The first-order chi connectivity index (χ1) is 6.12. The van der Waals surface area contributed by atoms with Crippen LogP contribution in [0.25, 0.3) is 0 Å². The van der Waals surface area contributed by atoms with Crippen molar-refractivity contribution in [2.75, 3.05) is 0 Å². The van der Waals surface area contributed by atoms with Crippen LogP contribution in [-0.4, -0.2) is 0 Å². The van der Waals surface area contributed by atoms with Crippen molar-refractivity contribution in [1.29, 1.82) is 0 Å². The average Bonchev–Trinajstić information content (AvgIpc) is 2.08. The van der Waals surface area contributed by atoms with Gasteiger partial charge in [-0.1, -0.05) is 31.9 Å². The fourth-order valence-corrected chi connectivity index (χ4v) is 3.36. The summed E-state index contributed by atoms with van der Waals surface area (Å²) in [4.78, 5) is 0. The molecule has 0 nitrogen and oxygen atoms in total. The van der Waals surface area contributed by atoms with E-state index in [9.17, 15) is 0 Å². The Morgan fingerprint density at radius 2 is 2.15 bits per heavy atom. The first-order valence-corrected chi connectivity index (χ1v) is 5.78. The van der Waals surface area contributed by atoms with Crippen LogP contribution in [0.15, 0.2) is 11.6 Å². The number of fused-ring (bicyclic) bond motifs is 1. The fraction of sp³-hybridized carbons (Fsp3) is 0.846. The van der Waals surface area contributed by atoms with Crippen molar-refractivity contribution in [1.82, 2.24) is 0 Å². The Kier molecular flexibility index (Phi) is 2.25. The SMILES string of the molecule is CC1=CCC[C@]2(C)CC[C@@H](C)C[C@@H]12. The Labute approximate surface area is 82.4 Å². The molecule has 0 saturated heterocycles. The Hall–Kier alpha value is -0.260. The molecular formula is C13H22. The van der Waals surface area contributed by atoms with Crippen LogP contribution in [-0.2, 0) is 0 Å². The van der Waals surface area contributed by atoms with Gasteiger partial charge in [-0.2, -0.15) is 0 Å². The van der Waals surface area contributed by atoms with E-state index < -0.39 is 0 Å². The fourth-order valence-electron chi connectivity index (χ4n) is 3.36. The number of allylic oxidation sites excluding steroid dienone is 2. The summed E-state index contributed by atoms with van der Waals surface area (Å²) in [7, 11) is 0. The second-order valence-electron chi connectivity index (χ2n) is 5.57. The molecule has 1 saturated carbocycles. The van der Waals surface area contributed by atoms with Gasteiger partial charge in [0.15, 0.2) is 0 Å². The highest BCUT2D eigenvalue weighted by Crippen LogP contribution is 2.51. The van der Waals surface area contributed by atoms with Crippen LogP contribution >= 0.6 is 0 Å². The minimum absolute atomic E-state index is 0.658. The monoisotopic (exact) mass is 178 g/mol. The van der Waals surface area contributed by atoms with Gasteiger partial charge in [0.2, 0.25) is 0 Å². The van der Waals surface area contributed by atoms with Crippen LogP contribution in [0, 0.1) is 17.3 Å². The van der Waals surface area contributed by atoms with Crippen LogP contribution in [0.1, 0.15) is 52.9 Å². The van der Waals surface area contributed by atoms with Crippen molar-refractivity contribution in [3.63, 3.8) is 0 Å². The Balaban J connectivity index is 2.22. The molecule has 0 aromatic rings. The average molecular weight is 178 g/mol. The molecule has 1 fully saturated rings. The molecule has 0 aromatic heterocycles. The lowest BCUT2D eigenvalue weighted by Gasteiger charge is -2.47. The lowest BCUT2D eigenvalue weighted by atomic mass is 9.58. The molecule has 74 valence electrons. The van der Waals surface area contributed by atoms with Gasteiger partial charge in [-0.25, -0.2) is 0 Å². The van der Waals surface area contributed by atoms with Crippen molar-refractivity contribution >= 4 is 0 Å². The summed E-state index contributed by atoms with van der Waals surface area (Å²) < 4.78 is 0. The third-order valence-electron chi connectivity index (χ3n) is 4.42. The van der Waals surface area contributed by atoms with Gasteiger partial charge in [-0.05, 0) is 49.9 Å². The zero-order valence-corrected chi connectivity index (χ0v) is 9.27. The molecule has 0 unspecified atom stereocenters. The van der Waals surface area contributed by atoms with Crippen molar-refractivity contribution in [3.8, 4) is 0 Å². The third kappa shape index (κ3) is 1.56. The zero-order valence-electron chi connectivity index (χ0n) is 9.27. The van der Waals surface area contributed by atoms with E-state index in [1.807, 2.05) is 0 Å². The molecule has 0 spiro atoms. The molecule has 0 aliphatic heterocycles. The van der Waals surface area contributed by atoms with Crippen molar-refractivity contribution in [3.05, 3.63) is 11.6 Å². The van der Waals surface area contributed by atoms with Crippen molar-refractivity contribution in [2.45, 2.75) is 52.9 Å². The van der Waals surface area contributed by atoms with Gasteiger partial charge in [-0.3, -0.25) is 0 Å². The first-order valence-electron chi connectivity index (χ1n) is 5.78. The second kappa shape index (κ2) is 3.15. The molecule has 3 atom stereocenters. The van der Waals surface area contributed by atoms with Gasteiger partial charge in [0.25, 0.3) is 0 Å². The van der Waals surface area contributed by atoms with E-state index in [4.69, 9.17) is 0 Å². The van der Waals surface area contributed by atoms with Crippen LogP contribution < -0.4 is 0 Å². The molecule has 0 N–H and O–H groups in total. The largest absolute Gasteiger partial charge is 0.0853 e. The van der Waals surface area contributed by atoms with E-state index in [0.717, 1.165) is 11.8 Å². The summed E-state index contributed by atoms with van der Waals surface area (Å²) in [5, 5.41) is 0.